The fourth-order valence-electron chi connectivity index (χ4n) is 16.4. The number of ether oxygens (including phenoxy) is 16. The van der Waals surface area contributed by atoms with Crippen LogP contribution in [0.25, 0.3) is 22.3 Å². The van der Waals surface area contributed by atoms with Gasteiger partial charge in [-0.05, 0) is 34.1 Å². The maximum Gasteiger partial charge on any atom is 0.351 e. The molecule has 144 heavy (non-hydrogen) atoms. The first-order valence-corrected chi connectivity index (χ1v) is 54.7. The van der Waals surface area contributed by atoms with Gasteiger partial charge in [0.1, 0.15) is 152 Å². The summed E-state index contributed by atoms with van der Waals surface area (Å²) in [6.07, 6.45) is -28.2. The number of hydrogen-bond acceptors (Lipinski definition) is 56. The lowest BCUT2D eigenvalue weighted by Crippen LogP contribution is -2.42. The van der Waals surface area contributed by atoms with Crippen molar-refractivity contribution in [3.8, 4) is 0 Å². The number of nitrogens with two attached hydrogens (primary N) is 5. The van der Waals surface area contributed by atoms with Crippen molar-refractivity contribution in [2.24, 2.45) is 0 Å². The zero-order chi connectivity index (χ0) is 104. The fraction of sp³-hybridized carbons (Fsp3) is 0.658. The lowest BCUT2D eigenvalue weighted by atomic mass is 10.1. The molecule has 0 saturated carbocycles. The fourth-order valence-corrected chi connectivity index (χ4v) is 22.6. The number of imidazole rings is 2. The number of hydrogen-bond donors (Lipinski definition) is 7. The number of anilines is 5. The van der Waals surface area contributed by atoms with Crippen molar-refractivity contribution in [1.82, 2.24) is 77.2 Å². The zero-order valence-electron chi connectivity index (χ0n) is 78.4. The molecule has 6 fully saturated rings. The number of H-pyrrole nitrogens is 1. The van der Waals surface area contributed by atoms with Crippen molar-refractivity contribution in [2.45, 2.75) is 189 Å². The van der Waals surface area contributed by atoms with Crippen molar-refractivity contribution in [3.05, 3.63) is 125 Å². The van der Waals surface area contributed by atoms with E-state index < -0.39 is 245 Å². The molecule has 6 aliphatic rings. The van der Waals surface area contributed by atoms with E-state index in [1.165, 1.54) is 92.3 Å². The number of aliphatic hydroxyl groups excluding tert-OH is 1. The molecular weight excluding hydrogens is 2080 g/mol. The lowest BCUT2D eigenvalue weighted by molar-refractivity contribution is -0.241. The number of methoxy groups -OCH3 is 5. The van der Waals surface area contributed by atoms with Crippen molar-refractivity contribution < 1.29 is 159 Å². The van der Waals surface area contributed by atoms with Crippen LogP contribution in [0.3, 0.4) is 0 Å². The standard InChI is InChI=1S/C76H112N21O39P5S3/c1-11-40-41(22-47(126-40)96-34-86-48-63(80)82-32-84-65(48)96)132-139(108,142)124-30-45-52(57(118-19-14-113-8)70(129-45)94-25-38(4)62(79)90-75(94)102)134-137(104,105)121-28-43-51(56(117-18-13-112-7)69(128-43)93-24-37(3)61(78)89-74(93)101)133-138(106,107)122-29-44-53(59(120-21-16-115-10)72(131-44)97-35-87-49-64(81)83-33-85-66(49)97)135-141(110,144)125-31-46-54(58(119-20-15-114-9)71(130-46)95-26-39(5)67(99)91-76(95)103)136-140(109,143)123-27-42-50(98)55(116-17-12-111-6)68(127-42)92-23-36(2)60(77)88-73(92)100/h23-26,32-35,40-47,50-59,68-72,98H,11-22,27-31H2,1-10H3,(H,104,105)(H,106,107)(H,108,142)(H,109,143)(H,110,144)(H2,77,88,100)(H2,78,89,101)(H2,79,90,102)(H2,80,82,84)(H2,81,83,85)(H,91,99,103)/p-5/t40-,41-,42-,43-,44-,45-,46-,47-,50+,51+,52+,53+,54+,55?,56?,57?,58?,59?,68-,69-,70-,71-,72-,139?,140?,141?/m1/s1. The Kier molecular flexibility index (Phi) is 37.9. The van der Waals surface area contributed by atoms with Gasteiger partial charge >= 0.3 is 22.8 Å². The molecule has 60 nitrogen and oxygen atoms in total. The van der Waals surface area contributed by atoms with Gasteiger partial charge in [0.05, 0.1) is 124 Å². The van der Waals surface area contributed by atoms with Gasteiger partial charge in [-0.25, -0.2) is 49.1 Å². The second-order valence-corrected chi connectivity index (χ2v) is 43.9. The van der Waals surface area contributed by atoms with Crippen LogP contribution in [-0.2, 0) is 171 Å². The monoisotopic (exact) mass is 2190 g/mol. The largest absolute Gasteiger partial charge is 0.780 e. The maximum absolute atomic E-state index is 15.6. The molecule has 12 N–H and O–H groups in total. The van der Waals surface area contributed by atoms with E-state index in [-0.39, 0.29) is 135 Å². The van der Waals surface area contributed by atoms with E-state index >= 15 is 23.5 Å². The molecule has 0 bridgehead atoms. The van der Waals surface area contributed by atoms with E-state index in [0.717, 1.165) is 37.0 Å². The highest BCUT2D eigenvalue weighted by molar-refractivity contribution is 8.32. The van der Waals surface area contributed by atoms with Crippen molar-refractivity contribution in [1.29, 1.82) is 0 Å². The summed E-state index contributed by atoms with van der Waals surface area (Å²) in [6.45, 7) is -15.5. The van der Waals surface area contributed by atoms with Crippen LogP contribution in [0, 0.1) is 27.7 Å². The molecule has 28 atom stereocenters. The van der Waals surface area contributed by atoms with Crippen LogP contribution in [0.4, 0.5) is 29.1 Å². The first kappa shape index (κ1) is 112. The molecule has 0 aromatic carbocycles. The number of nitrogens with zero attached hydrogens (tertiary/aromatic N) is 15. The van der Waals surface area contributed by atoms with Crippen molar-refractivity contribution in [2.75, 3.05) is 163 Å². The second-order valence-electron chi connectivity index (χ2n) is 33.0. The number of aromatic nitrogens is 16. The van der Waals surface area contributed by atoms with Crippen LogP contribution in [0.15, 0.2) is 74.1 Å². The van der Waals surface area contributed by atoms with Gasteiger partial charge in [0.25, 0.3) is 21.2 Å². The van der Waals surface area contributed by atoms with E-state index in [0.29, 0.717) is 11.2 Å². The molecule has 0 radical (unpaired) electrons. The Bertz CT molecular complexity index is 6360. The number of phosphoric acid groups is 2. The highest BCUT2D eigenvalue weighted by Gasteiger charge is 2.57. The molecule has 8 aromatic heterocycles. The van der Waals surface area contributed by atoms with Gasteiger partial charge in [-0.3, -0.25) is 50.9 Å². The minimum absolute atomic E-state index is 0.00465. The van der Waals surface area contributed by atoms with Crippen LogP contribution in [0.1, 0.15) is 79.4 Å². The number of phosphoric ester groups is 2. The first-order chi connectivity index (χ1) is 68.5. The summed E-state index contributed by atoms with van der Waals surface area (Å²) in [5.41, 5.74) is 26.7. The van der Waals surface area contributed by atoms with Crippen LogP contribution >= 0.6 is 35.9 Å². The Balaban J connectivity index is 0.754. The Labute approximate surface area is 832 Å². The minimum atomic E-state index is -6.20. The van der Waals surface area contributed by atoms with E-state index in [4.69, 9.17) is 186 Å². The number of aryl methyl sites for hydroxylation is 4. The highest BCUT2D eigenvalue weighted by Crippen LogP contribution is 2.57. The molecule has 798 valence electrons. The van der Waals surface area contributed by atoms with E-state index in [1.54, 1.807) is 18.4 Å². The number of rotatable bonds is 52. The van der Waals surface area contributed by atoms with Gasteiger partial charge in [-0.15, -0.1) is 0 Å². The van der Waals surface area contributed by atoms with Crippen molar-refractivity contribution in [3.63, 3.8) is 0 Å². The SMILES string of the molecule is CC[C@H]1O[C@@H](n2cnc3c(N)ncnc32)C[C@H]1OP([O-])(=S)OC[C@H]1O[C@@H](n2cc(C)c(N)nc2=O)C(OCCOC)[C@H]1OP(=O)([O-])OC[C@H]1O[C@@H](n2cc(C)c(N)nc2=O)C(OCCOC)[C@H]1OP(=O)([O-])OC[C@H]1O[C@@H](n2cnc3c(N)ncnc32)C(OCCOC)[C@H]1OP(=O)([S-])OC[C@H]1O[C@@H](n2cc(C)c(=O)[nH]c2=O)C(OCCOC)[C@H]1OP([O-])(=S)OC[C@H]1O[C@@H](n2cc(C)c(N)nc2=O)C(OCCOC)[C@H]1O. The molecule has 0 amide bonds. The summed E-state index contributed by atoms with van der Waals surface area (Å²) < 4.78 is 207. The molecule has 8 aromatic rings. The third-order valence-corrected chi connectivity index (χ3v) is 30.0. The maximum atomic E-state index is 15.6. The van der Waals surface area contributed by atoms with Crippen LogP contribution < -0.4 is 76.6 Å². The predicted octanol–water partition coefficient (Wildman–Crippen LogP) is -3.39. The summed E-state index contributed by atoms with van der Waals surface area (Å²) in [5, 5.41) is 11.8. The Morgan fingerprint density at radius 2 is 0.764 bits per heavy atom. The summed E-state index contributed by atoms with van der Waals surface area (Å²) in [4.78, 5) is 167. The third kappa shape index (κ3) is 26.6. The Morgan fingerprint density at radius 1 is 0.417 bits per heavy atom. The third-order valence-electron chi connectivity index (χ3n) is 23.4. The van der Waals surface area contributed by atoms with E-state index in [1.807, 2.05) is 0 Å². The zero-order valence-corrected chi connectivity index (χ0v) is 85.4. The number of nitrogens with one attached hydrogen (secondary N) is 1. The molecule has 14 rings (SSSR count). The average Bonchev–Trinajstić information content (AvgIpc) is 1.29. The predicted molar refractivity (Wildman–Crippen MR) is 494 cm³/mol. The van der Waals surface area contributed by atoms with Gasteiger partial charge < -0.3 is 187 Å². The minimum Gasteiger partial charge on any atom is -0.780 e. The van der Waals surface area contributed by atoms with Gasteiger partial charge in [0.2, 0.25) is 0 Å². The molecule has 0 spiro atoms. The van der Waals surface area contributed by atoms with Gasteiger partial charge in [-0.2, -0.15) is 15.0 Å². The molecular formula is C76H107N21O39P5S3-5. The van der Waals surface area contributed by atoms with Crippen LogP contribution in [0.2, 0.25) is 0 Å². The van der Waals surface area contributed by atoms with E-state index in [2.05, 4.69) is 49.8 Å². The molecule has 10 unspecified atom stereocenters. The second kappa shape index (κ2) is 48.6. The number of aliphatic hydroxyl groups is 1. The average molecular weight is 2190 g/mol. The summed E-state index contributed by atoms with van der Waals surface area (Å²) in [6, 6.07) is 0. The van der Waals surface area contributed by atoms with Crippen molar-refractivity contribution >= 4 is 123 Å². The molecule has 6 aliphatic heterocycles. The smallest absolute Gasteiger partial charge is 0.351 e. The van der Waals surface area contributed by atoms with Crippen LogP contribution in [-0.4, -0.2) is 321 Å². The topological polar surface area (TPSA) is 780 Å². The lowest BCUT2D eigenvalue weighted by Gasteiger charge is -2.36. The summed E-state index contributed by atoms with van der Waals surface area (Å²) in [7, 11) is -5.68. The Hall–Kier alpha value is -7.48. The highest BCUT2D eigenvalue weighted by atomic mass is 32.7. The van der Waals surface area contributed by atoms with Gasteiger partial charge in [-0.1, -0.05) is 30.5 Å². The summed E-state index contributed by atoms with van der Waals surface area (Å²) in [5.74, 6) is -0.604. The Morgan fingerprint density at radius 3 is 1.19 bits per heavy atom. The summed E-state index contributed by atoms with van der Waals surface area (Å²) >= 11 is 16.7. The molecule has 68 heteroatoms. The van der Waals surface area contributed by atoms with E-state index in [9.17, 15) is 38.9 Å². The normalized spacial score (nSPS) is 29.3. The van der Waals surface area contributed by atoms with Gasteiger partial charge in [0.15, 0.2) is 60.9 Å². The molecule has 0 aliphatic carbocycles. The number of fused-ring (bicyclic) bond motifs is 2. The first-order valence-electron chi connectivity index (χ1n) is 44.1. The molecule has 6 saturated heterocycles. The van der Waals surface area contributed by atoms with Crippen LogP contribution in [0.5, 0.6) is 0 Å². The number of aromatic amines is 1. The van der Waals surface area contributed by atoms with Gasteiger partial charge in [0, 0.05) is 89.0 Å². The quantitative estimate of drug-likeness (QED) is 0.0111. The number of nitrogen functional groups attached to an aromatic ring is 5. The molecule has 14 heterocycles.